The maximum atomic E-state index is 10.4. The number of benzene rings is 2. The van der Waals surface area contributed by atoms with E-state index in [-0.39, 0.29) is 28.0 Å². The Bertz CT molecular complexity index is 881. The van der Waals surface area contributed by atoms with Crippen molar-refractivity contribution in [1.82, 2.24) is 9.97 Å². The van der Waals surface area contributed by atoms with Gasteiger partial charge in [0.05, 0.1) is 16.8 Å². The molecule has 0 fully saturated rings. The number of halogens is 1. The molecule has 0 saturated carbocycles. The zero-order valence-corrected chi connectivity index (χ0v) is 12.7. The van der Waals surface area contributed by atoms with Gasteiger partial charge in [0, 0.05) is 10.9 Å². The average molecular weight is 317 g/mol. The third-order valence-corrected chi connectivity index (χ3v) is 3.95. The van der Waals surface area contributed by atoms with E-state index in [0.717, 1.165) is 0 Å². The standard InChI is InChI=1S/C16H13ClN2O3/c1-7-8(2)14(21)15(22)11(13(7)20)12-9-5-3-4-6-10(9)18-16(17)19-12/h3-6,20-22H,1-2H3. The van der Waals surface area contributed by atoms with Gasteiger partial charge in [-0.05, 0) is 37.1 Å². The van der Waals surface area contributed by atoms with Crippen LogP contribution < -0.4 is 0 Å². The molecule has 0 aliphatic carbocycles. The minimum Gasteiger partial charge on any atom is -0.507 e. The number of phenolic OH excluding ortho intramolecular Hbond substituents is 3. The van der Waals surface area contributed by atoms with Crippen molar-refractivity contribution in [2.45, 2.75) is 13.8 Å². The molecule has 1 aromatic heterocycles. The van der Waals surface area contributed by atoms with Gasteiger partial charge in [-0.1, -0.05) is 18.2 Å². The summed E-state index contributed by atoms with van der Waals surface area (Å²) in [5.74, 6) is -0.864. The van der Waals surface area contributed by atoms with Crippen LogP contribution >= 0.6 is 11.6 Å². The van der Waals surface area contributed by atoms with Gasteiger partial charge in [0.25, 0.3) is 0 Å². The molecule has 0 unspecified atom stereocenters. The normalized spacial score (nSPS) is 11.0. The lowest BCUT2D eigenvalue weighted by Crippen LogP contribution is -1.95. The van der Waals surface area contributed by atoms with Crippen LogP contribution in [0, 0.1) is 13.8 Å². The van der Waals surface area contributed by atoms with Gasteiger partial charge in [-0.15, -0.1) is 0 Å². The van der Waals surface area contributed by atoms with E-state index < -0.39 is 5.75 Å². The summed E-state index contributed by atoms with van der Waals surface area (Å²) in [4.78, 5) is 8.24. The predicted molar refractivity (Wildman–Crippen MR) is 84.5 cm³/mol. The molecule has 3 aromatic rings. The molecule has 2 aromatic carbocycles. The summed E-state index contributed by atoms with van der Waals surface area (Å²) in [5.41, 5.74) is 1.76. The van der Waals surface area contributed by atoms with Gasteiger partial charge < -0.3 is 15.3 Å². The van der Waals surface area contributed by atoms with Crippen molar-refractivity contribution in [1.29, 1.82) is 0 Å². The quantitative estimate of drug-likeness (QED) is 0.362. The average Bonchev–Trinajstić information content (AvgIpc) is 2.51. The van der Waals surface area contributed by atoms with Crippen LogP contribution in [0.25, 0.3) is 22.2 Å². The molecule has 0 atom stereocenters. The summed E-state index contributed by atoms with van der Waals surface area (Å²) in [6, 6.07) is 7.10. The van der Waals surface area contributed by atoms with Gasteiger partial charge in [-0.3, -0.25) is 0 Å². The zero-order chi connectivity index (χ0) is 16.0. The van der Waals surface area contributed by atoms with Gasteiger partial charge in [0.1, 0.15) is 5.75 Å². The molecular weight excluding hydrogens is 304 g/mol. The van der Waals surface area contributed by atoms with Crippen molar-refractivity contribution >= 4 is 22.5 Å². The van der Waals surface area contributed by atoms with Crippen LogP contribution in [0.4, 0.5) is 0 Å². The monoisotopic (exact) mass is 316 g/mol. The van der Waals surface area contributed by atoms with E-state index in [1.54, 1.807) is 38.1 Å². The molecule has 5 nitrogen and oxygen atoms in total. The first kappa shape index (κ1) is 14.4. The Hall–Kier alpha value is -2.53. The molecule has 6 heteroatoms. The van der Waals surface area contributed by atoms with Crippen LogP contribution in [-0.2, 0) is 0 Å². The van der Waals surface area contributed by atoms with Crippen molar-refractivity contribution in [2.75, 3.05) is 0 Å². The van der Waals surface area contributed by atoms with Gasteiger partial charge >= 0.3 is 0 Å². The number of para-hydroxylation sites is 1. The highest BCUT2D eigenvalue weighted by Gasteiger charge is 2.23. The number of nitrogens with zero attached hydrogens (tertiary/aromatic N) is 2. The fourth-order valence-electron chi connectivity index (χ4n) is 2.41. The Labute approximate surface area is 131 Å². The van der Waals surface area contributed by atoms with Gasteiger partial charge in [-0.2, -0.15) is 0 Å². The number of phenols is 3. The molecule has 0 bridgehead atoms. The van der Waals surface area contributed by atoms with Crippen molar-refractivity contribution in [3.63, 3.8) is 0 Å². The summed E-state index contributed by atoms with van der Waals surface area (Å²) in [5, 5.41) is 31.3. The molecule has 1 heterocycles. The fourth-order valence-corrected chi connectivity index (χ4v) is 2.59. The van der Waals surface area contributed by atoms with E-state index in [1.165, 1.54) is 0 Å². The van der Waals surface area contributed by atoms with Crippen molar-refractivity contribution in [3.05, 3.63) is 40.7 Å². The fraction of sp³-hybridized carbons (Fsp3) is 0.125. The molecule has 0 amide bonds. The molecule has 3 N–H and O–H groups in total. The molecule has 3 rings (SSSR count). The second kappa shape index (κ2) is 5.03. The van der Waals surface area contributed by atoms with E-state index in [4.69, 9.17) is 11.6 Å². The second-order valence-electron chi connectivity index (χ2n) is 5.03. The first-order valence-electron chi connectivity index (χ1n) is 6.58. The number of rotatable bonds is 1. The molecule has 112 valence electrons. The van der Waals surface area contributed by atoms with Crippen LogP contribution in [0.15, 0.2) is 24.3 Å². The lowest BCUT2D eigenvalue weighted by molar-refractivity contribution is 0.394. The van der Waals surface area contributed by atoms with Crippen molar-refractivity contribution in [2.24, 2.45) is 0 Å². The number of hydrogen-bond donors (Lipinski definition) is 3. The van der Waals surface area contributed by atoms with Gasteiger partial charge in [0.2, 0.25) is 5.28 Å². The molecule has 0 radical (unpaired) electrons. The van der Waals surface area contributed by atoms with Crippen LogP contribution in [0.3, 0.4) is 0 Å². The second-order valence-corrected chi connectivity index (χ2v) is 5.37. The Balaban J connectivity index is 2.48. The van der Waals surface area contributed by atoms with Gasteiger partial charge in [0.15, 0.2) is 11.5 Å². The largest absolute Gasteiger partial charge is 0.507 e. The molecule has 0 aliphatic heterocycles. The van der Waals surface area contributed by atoms with E-state index >= 15 is 0 Å². The lowest BCUT2D eigenvalue weighted by atomic mass is 9.97. The predicted octanol–water partition coefficient (Wildman–Crippen LogP) is 3.68. The van der Waals surface area contributed by atoms with Crippen LogP contribution in [0.2, 0.25) is 5.28 Å². The van der Waals surface area contributed by atoms with Crippen molar-refractivity contribution < 1.29 is 15.3 Å². The first-order valence-corrected chi connectivity index (χ1v) is 6.96. The maximum Gasteiger partial charge on any atom is 0.223 e. The van der Waals surface area contributed by atoms with Crippen LogP contribution in [-0.4, -0.2) is 25.3 Å². The number of aromatic hydroxyl groups is 3. The topological polar surface area (TPSA) is 86.5 Å². The third-order valence-electron chi connectivity index (χ3n) is 3.78. The summed E-state index contributed by atoms with van der Waals surface area (Å²) in [7, 11) is 0. The van der Waals surface area contributed by atoms with Crippen molar-refractivity contribution in [3.8, 4) is 28.5 Å². The lowest BCUT2D eigenvalue weighted by Gasteiger charge is -2.15. The Morgan fingerprint density at radius 3 is 2.23 bits per heavy atom. The summed E-state index contributed by atoms with van der Waals surface area (Å²) in [6.07, 6.45) is 0. The summed E-state index contributed by atoms with van der Waals surface area (Å²) < 4.78 is 0. The van der Waals surface area contributed by atoms with E-state index in [1.807, 2.05) is 0 Å². The molecular formula is C16H13ClN2O3. The Kier molecular flexibility index (Phi) is 3.30. The number of fused-ring (bicyclic) bond motifs is 1. The molecule has 0 spiro atoms. The van der Waals surface area contributed by atoms with E-state index in [0.29, 0.717) is 22.0 Å². The first-order chi connectivity index (χ1) is 10.4. The van der Waals surface area contributed by atoms with Crippen LogP contribution in [0.5, 0.6) is 17.2 Å². The Morgan fingerprint density at radius 2 is 1.50 bits per heavy atom. The number of aromatic nitrogens is 2. The summed E-state index contributed by atoms with van der Waals surface area (Å²) >= 11 is 5.94. The zero-order valence-electron chi connectivity index (χ0n) is 11.9. The SMILES string of the molecule is Cc1c(C)c(O)c(-c2nc(Cl)nc3ccccc23)c(O)c1O. The summed E-state index contributed by atoms with van der Waals surface area (Å²) in [6.45, 7) is 3.26. The maximum absolute atomic E-state index is 10.4. The van der Waals surface area contributed by atoms with E-state index in [9.17, 15) is 15.3 Å². The number of hydrogen-bond acceptors (Lipinski definition) is 5. The minimum atomic E-state index is -0.430. The third kappa shape index (κ3) is 2.02. The highest BCUT2D eigenvalue weighted by atomic mass is 35.5. The highest BCUT2D eigenvalue weighted by molar-refractivity contribution is 6.29. The Morgan fingerprint density at radius 1 is 0.864 bits per heavy atom. The molecule has 22 heavy (non-hydrogen) atoms. The minimum absolute atomic E-state index is 0.00906. The highest BCUT2D eigenvalue weighted by Crippen LogP contribution is 2.48. The molecule has 0 aliphatic rings. The molecule has 0 saturated heterocycles. The smallest absolute Gasteiger partial charge is 0.223 e. The van der Waals surface area contributed by atoms with Crippen LogP contribution in [0.1, 0.15) is 11.1 Å². The van der Waals surface area contributed by atoms with Gasteiger partial charge in [-0.25, -0.2) is 9.97 Å². The van der Waals surface area contributed by atoms with E-state index in [2.05, 4.69) is 9.97 Å².